The van der Waals surface area contributed by atoms with Crippen LogP contribution >= 0.6 is 0 Å². The summed E-state index contributed by atoms with van der Waals surface area (Å²) in [6.07, 6.45) is 2.93. The summed E-state index contributed by atoms with van der Waals surface area (Å²) >= 11 is 0. The number of para-hydroxylation sites is 2. The number of hydrogen-bond acceptors (Lipinski definition) is 3. The summed E-state index contributed by atoms with van der Waals surface area (Å²) in [6.45, 7) is 0. The van der Waals surface area contributed by atoms with Crippen molar-refractivity contribution in [1.29, 1.82) is 0 Å². The van der Waals surface area contributed by atoms with Crippen molar-refractivity contribution in [3.63, 3.8) is 0 Å². The van der Waals surface area contributed by atoms with E-state index in [1.54, 1.807) is 0 Å². The van der Waals surface area contributed by atoms with Crippen LogP contribution in [0.4, 0.5) is 5.95 Å². The molecule has 1 saturated carbocycles. The van der Waals surface area contributed by atoms with Crippen LogP contribution in [0.1, 0.15) is 25.7 Å². The number of nitrogens with zero attached hydrogens (tertiary/aromatic N) is 1. The number of aromatic nitrogens is 2. The number of H-pyrrole nitrogens is 1. The van der Waals surface area contributed by atoms with Gasteiger partial charge in [0.15, 0.2) is 0 Å². The first kappa shape index (κ1) is 13.6. The number of fused-ring (bicyclic) bond motifs is 1. The second kappa shape index (κ2) is 5.55. The van der Waals surface area contributed by atoms with Crippen molar-refractivity contribution in [2.75, 3.05) is 5.32 Å². The van der Waals surface area contributed by atoms with Gasteiger partial charge in [0, 0.05) is 0 Å². The Morgan fingerprint density at radius 1 is 1.19 bits per heavy atom. The quantitative estimate of drug-likeness (QED) is 0.807. The Labute approximate surface area is 121 Å². The number of aromatic amines is 1. The van der Waals surface area contributed by atoms with Crippen LogP contribution in [0, 0.1) is 11.8 Å². The molecule has 1 aromatic heterocycles. The molecule has 0 saturated heterocycles. The molecule has 1 heterocycles. The van der Waals surface area contributed by atoms with Crippen LogP contribution < -0.4 is 5.32 Å². The van der Waals surface area contributed by atoms with E-state index in [4.69, 9.17) is 0 Å². The lowest BCUT2D eigenvalue weighted by atomic mass is 9.79. The Hall–Kier alpha value is -2.37. The fraction of sp³-hybridized carbons (Fsp3) is 0.400. The van der Waals surface area contributed by atoms with Crippen molar-refractivity contribution < 1.29 is 14.7 Å². The minimum atomic E-state index is -0.889. The first-order valence-electron chi connectivity index (χ1n) is 7.13. The lowest BCUT2D eigenvalue weighted by molar-refractivity contribution is -0.147. The molecule has 1 aliphatic carbocycles. The van der Waals surface area contributed by atoms with Gasteiger partial charge in [-0.25, -0.2) is 4.98 Å². The molecule has 0 bridgehead atoms. The number of carbonyl (C=O) groups excluding carboxylic acids is 1. The first-order chi connectivity index (χ1) is 10.1. The number of benzene rings is 1. The van der Waals surface area contributed by atoms with E-state index in [1.165, 1.54) is 0 Å². The van der Waals surface area contributed by atoms with Crippen LogP contribution in [-0.2, 0) is 9.59 Å². The van der Waals surface area contributed by atoms with Gasteiger partial charge in [0.1, 0.15) is 0 Å². The molecular formula is C15H17N3O3. The third kappa shape index (κ3) is 2.74. The van der Waals surface area contributed by atoms with Crippen LogP contribution in [0.3, 0.4) is 0 Å². The van der Waals surface area contributed by atoms with Gasteiger partial charge in [-0.05, 0) is 25.0 Å². The summed E-state index contributed by atoms with van der Waals surface area (Å²) in [7, 11) is 0. The predicted octanol–water partition coefficient (Wildman–Crippen LogP) is 2.39. The average molecular weight is 287 g/mol. The second-order valence-corrected chi connectivity index (χ2v) is 5.43. The van der Waals surface area contributed by atoms with Crippen LogP contribution in [-0.4, -0.2) is 27.0 Å². The van der Waals surface area contributed by atoms with Crippen molar-refractivity contribution >= 4 is 28.9 Å². The van der Waals surface area contributed by atoms with E-state index in [-0.39, 0.29) is 5.91 Å². The van der Waals surface area contributed by atoms with Crippen LogP contribution in [0.2, 0.25) is 0 Å². The van der Waals surface area contributed by atoms with Crippen molar-refractivity contribution in [2.45, 2.75) is 25.7 Å². The van der Waals surface area contributed by atoms with Crippen LogP contribution in [0.5, 0.6) is 0 Å². The van der Waals surface area contributed by atoms with Crippen LogP contribution in [0.25, 0.3) is 11.0 Å². The molecule has 2 aromatic rings. The standard InChI is InChI=1S/C15H17N3O3/c19-13(9-5-1-2-6-10(9)14(20)21)18-15-16-11-7-3-4-8-12(11)17-15/h3-4,7-10H,1-2,5-6H2,(H,20,21)(H2,16,17,18,19)/t9-,10+/m0/s1. The summed E-state index contributed by atoms with van der Waals surface area (Å²) in [5.74, 6) is -1.86. The Bertz CT molecular complexity index is 647. The molecule has 0 aliphatic heterocycles. The molecule has 1 fully saturated rings. The zero-order valence-electron chi connectivity index (χ0n) is 11.5. The van der Waals surface area contributed by atoms with E-state index in [9.17, 15) is 14.7 Å². The van der Waals surface area contributed by atoms with E-state index >= 15 is 0 Å². The number of hydrogen-bond donors (Lipinski definition) is 3. The minimum Gasteiger partial charge on any atom is -0.481 e. The summed E-state index contributed by atoms with van der Waals surface area (Å²) < 4.78 is 0. The summed E-state index contributed by atoms with van der Waals surface area (Å²) in [5, 5.41) is 12.0. The zero-order valence-corrected chi connectivity index (χ0v) is 11.5. The fourth-order valence-electron chi connectivity index (χ4n) is 2.96. The molecule has 2 atom stereocenters. The Morgan fingerprint density at radius 2 is 1.90 bits per heavy atom. The molecule has 0 spiro atoms. The highest BCUT2D eigenvalue weighted by Crippen LogP contribution is 2.31. The maximum atomic E-state index is 12.3. The number of rotatable bonds is 3. The van der Waals surface area contributed by atoms with Gasteiger partial charge in [0.05, 0.1) is 22.9 Å². The molecule has 1 aliphatic rings. The third-order valence-electron chi connectivity index (χ3n) is 4.05. The fourth-order valence-corrected chi connectivity index (χ4v) is 2.96. The number of carboxylic acids is 1. The number of carboxylic acid groups (broad SMARTS) is 1. The van der Waals surface area contributed by atoms with E-state index in [0.717, 1.165) is 23.9 Å². The molecule has 0 radical (unpaired) electrons. The molecule has 6 nitrogen and oxygen atoms in total. The smallest absolute Gasteiger partial charge is 0.307 e. The molecule has 21 heavy (non-hydrogen) atoms. The number of aliphatic carboxylic acids is 1. The van der Waals surface area contributed by atoms with Gasteiger partial charge in [0.25, 0.3) is 0 Å². The summed E-state index contributed by atoms with van der Waals surface area (Å²) in [4.78, 5) is 30.9. The molecule has 6 heteroatoms. The van der Waals surface area contributed by atoms with Crippen molar-refractivity contribution in [3.8, 4) is 0 Å². The second-order valence-electron chi connectivity index (χ2n) is 5.43. The van der Waals surface area contributed by atoms with Gasteiger partial charge in [-0.3, -0.25) is 14.9 Å². The van der Waals surface area contributed by atoms with Gasteiger partial charge < -0.3 is 10.1 Å². The SMILES string of the molecule is O=C(Nc1nc2ccccc2[nH]1)[C@H]1CCCC[C@H]1C(=O)O. The third-order valence-corrected chi connectivity index (χ3v) is 4.05. The van der Waals surface area contributed by atoms with E-state index in [2.05, 4.69) is 15.3 Å². The Balaban J connectivity index is 1.76. The first-order valence-corrected chi connectivity index (χ1v) is 7.13. The maximum Gasteiger partial charge on any atom is 0.307 e. The molecular weight excluding hydrogens is 270 g/mol. The Kier molecular flexibility index (Phi) is 3.60. The molecule has 1 amide bonds. The predicted molar refractivity (Wildman–Crippen MR) is 77.8 cm³/mol. The van der Waals surface area contributed by atoms with Crippen LogP contribution in [0.15, 0.2) is 24.3 Å². The number of nitrogens with one attached hydrogen (secondary N) is 2. The monoisotopic (exact) mass is 287 g/mol. The number of anilines is 1. The lowest BCUT2D eigenvalue weighted by Gasteiger charge is -2.26. The van der Waals surface area contributed by atoms with Gasteiger partial charge in [-0.15, -0.1) is 0 Å². The summed E-state index contributed by atoms with van der Waals surface area (Å²) in [6, 6.07) is 7.48. The number of amides is 1. The lowest BCUT2D eigenvalue weighted by Crippen LogP contribution is -2.36. The van der Waals surface area contributed by atoms with Gasteiger partial charge in [-0.2, -0.15) is 0 Å². The molecule has 1 aromatic carbocycles. The maximum absolute atomic E-state index is 12.3. The molecule has 0 unspecified atom stereocenters. The van der Waals surface area contributed by atoms with E-state index in [1.807, 2.05) is 24.3 Å². The molecule has 110 valence electrons. The highest BCUT2D eigenvalue weighted by Gasteiger charge is 2.35. The minimum absolute atomic E-state index is 0.263. The number of carbonyl (C=O) groups is 2. The number of imidazole rings is 1. The van der Waals surface area contributed by atoms with Crippen molar-refractivity contribution in [3.05, 3.63) is 24.3 Å². The summed E-state index contributed by atoms with van der Waals surface area (Å²) in [5.41, 5.74) is 1.61. The average Bonchev–Trinajstić information content (AvgIpc) is 2.89. The van der Waals surface area contributed by atoms with E-state index in [0.29, 0.717) is 18.8 Å². The largest absolute Gasteiger partial charge is 0.481 e. The molecule has 3 rings (SSSR count). The zero-order chi connectivity index (χ0) is 14.8. The highest BCUT2D eigenvalue weighted by atomic mass is 16.4. The Morgan fingerprint density at radius 3 is 2.62 bits per heavy atom. The topological polar surface area (TPSA) is 95.1 Å². The van der Waals surface area contributed by atoms with Gasteiger partial charge in [-0.1, -0.05) is 25.0 Å². The van der Waals surface area contributed by atoms with Crippen molar-refractivity contribution in [2.24, 2.45) is 11.8 Å². The van der Waals surface area contributed by atoms with Gasteiger partial charge >= 0.3 is 5.97 Å². The highest BCUT2D eigenvalue weighted by molar-refractivity contribution is 5.95. The van der Waals surface area contributed by atoms with E-state index < -0.39 is 17.8 Å². The molecule has 3 N–H and O–H groups in total. The van der Waals surface area contributed by atoms with Crippen molar-refractivity contribution in [1.82, 2.24) is 9.97 Å². The van der Waals surface area contributed by atoms with Gasteiger partial charge in [0.2, 0.25) is 11.9 Å². The normalized spacial score (nSPS) is 22.1.